The summed E-state index contributed by atoms with van der Waals surface area (Å²) in [5.74, 6) is -0.763. The summed E-state index contributed by atoms with van der Waals surface area (Å²) in [6.45, 7) is 1.57. The Balaban J connectivity index is 2.56. The molecule has 0 aliphatic heterocycles. The fraction of sp³-hybridized carbons (Fsp3) is 0.0909. The Labute approximate surface area is 96.4 Å². The van der Waals surface area contributed by atoms with Gasteiger partial charge in [-0.3, -0.25) is 0 Å². The van der Waals surface area contributed by atoms with E-state index in [9.17, 15) is 4.79 Å². The molecule has 1 N–H and O–H groups in total. The van der Waals surface area contributed by atoms with Crippen LogP contribution in [0.2, 0.25) is 5.02 Å². The number of aryl methyl sites for hydroxylation is 1. The Morgan fingerprint density at radius 2 is 2.00 bits per heavy atom. The second-order valence-electron chi connectivity index (χ2n) is 3.27. The largest absolute Gasteiger partial charge is 0.477 e. The summed E-state index contributed by atoms with van der Waals surface area (Å²) in [6.07, 6.45) is 0. The van der Waals surface area contributed by atoms with Crippen molar-refractivity contribution in [3.05, 3.63) is 40.6 Å². The maximum absolute atomic E-state index is 11.0. The van der Waals surface area contributed by atoms with Crippen LogP contribution in [0.25, 0.3) is 11.3 Å². The number of carboxylic acid groups (broad SMARTS) is 1. The molecular weight excluding hydrogens is 230 g/mol. The normalized spacial score (nSPS) is 10.4. The molecule has 0 saturated heterocycles. The fourth-order valence-corrected chi connectivity index (χ4v) is 1.55. The number of aromatic nitrogens is 1. The van der Waals surface area contributed by atoms with E-state index in [1.165, 1.54) is 0 Å². The van der Waals surface area contributed by atoms with Crippen molar-refractivity contribution in [1.82, 2.24) is 5.16 Å². The number of aromatic carboxylic acids is 1. The summed E-state index contributed by atoms with van der Waals surface area (Å²) >= 11 is 5.75. The molecule has 1 heterocycles. The molecule has 0 saturated carbocycles. The van der Waals surface area contributed by atoms with Crippen molar-refractivity contribution in [2.45, 2.75) is 6.92 Å². The van der Waals surface area contributed by atoms with Gasteiger partial charge in [-0.1, -0.05) is 28.9 Å². The van der Waals surface area contributed by atoms with Crippen molar-refractivity contribution in [1.29, 1.82) is 0 Å². The van der Waals surface area contributed by atoms with Crippen LogP contribution in [0.1, 0.15) is 16.1 Å². The summed E-state index contributed by atoms with van der Waals surface area (Å²) in [5.41, 5.74) is 1.07. The third kappa shape index (κ3) is 1.79. The number of hydrogen-bond acceptors (Lipinski definition) is 3. The van der Waals surface area contributed by atoms with Crippen LogP contribution in [-0.4, -0.2) is 16.2 Å². The lowest BCUT2D eigenvalue weighted by Gasteiger charge is -1.98. The molecule has 0 fully saturated rings. The van der Waals surface area contributed by atoms with E-state index in [0.717, 1.165) is 0 Å². The standard InChI is InChI=1S/C11H8ClNO3/c1-6-9(11(14)15)10(13-16-6)7-2-4-8(12)5-3-7/h2-5H,1H3,(H,14,15). The van der Waals surface area contributed by atoms with Crippen molar-refractivity contribution in [2.75, 3.05) is 0 Å². The van der Waals surface area contributed by atoms with Gasteiger partial charge in [-0.25, -0.2) is 4.79 Å². The number of hydrogen-bond donors (Lipinski definition) is 1. The summed E-state index contributed by atoms with van der Waals surface area (Å²) in [6, 6.07) is 6.75. The highest BCUT2D eigenvalue weighted by Crippen LogP contribution is 2.26. The lowest BCUT2D eigenvalue weighted by atomic mass is 10.1. The fourth-order valence-electron chi connectivity index (χ4n) is 1.43. The predicted octanol–water partition coefficient (Wildman–Crippen LogP) is 3.00. The zero-order chi connectivity index (χ0) is 11.7. The number of carbonyl (C=O) groups is 1. The topological polar surface area (TPSA) is 63.3 Å². The zero-order valence-electron chi connectivity index (χ0n) is 8.40. The van der Waals surface area contributed by atoms with E-state index in [1.54, 1.807) is 31.2 Å². The molecule has 1 aromatic heterocycles. The first-order valence-electron chi connectivity index (χ1n) is 4.55. The summed E-state index contributed by atoms with van der Waals surface area (Å²) in [7, 11) is 0. The van der Waals surface area contributed by atoms with Crippen LogP contribution in [0.15, 0.2) is 28.8 Å². The number of rotatable bonds is 2. The molecule has 2 rings (SSSR count). The van der Waals surface area contributed by atoms with Crippen LogP contribution >= 0.6 is 11.6 Å². The molecule has 0 aliphatic rings. The number of halogens is 1. The SMILES string of the molecule is Cc1onc(-c2ccc(Cl)cc2)c1C(=O)O. The Hall–Kier alpha value is -1.81. The number of carboxylic acids is 1. The van der Waals surface area contributed by atoms with Gasteiger partial charge < -0.3 is 9.63 Å². The smallest absolute Gasteiger partial charge is 0.341 e. The maximum atomic E-state index is 11.0. The van der Waals surface area contributed by atoms with Gasteiger partial charge >= 0.3 is 5.97 Å². The van der Waals surface area contributed by atoms with Crippen LogP contribution in [0.4, 0.5) is 0 Å². The molecule has 0 atom stereocenters. The average Bonchev–Trinajstić information content (AvgIpc) is 2.61. The third-order valence-corrected chi connectivity index (χ3v) is 2.45. The van der Waals surface area contributed by atoms with E-state index in [0.29, 0.717) is 16.3 Å². The van der Waals surface area contributed by atoms with Gasteiger partial charge in [-0.15, -0.1) is 0 Å². The first-order valence-corrected chi connectivity index (χ1v) is 4.93. The predicted molar refractivity (Wildman–Crippen MR) is 58.6 cm³/mol. The molecular formula is C11H8ClNO3. The van der Waals surface area contributed by atoms with E-state index >= 15 is 0 Å². The lowest BCUT2D eigenvalue weighted by Crippen LogP contribution is -1.99. The highest BCUT2D eigenvalue weighted by molar-refractivity contribution is 6.30. The molecule has 1 aromatic carbocycles. The quantitative estimate of drug-likeness (QED) is 0.872. The minimum atomic E-state index is -1.05. The van der Waals surface area contributed by atoms with Gasteiger partial charge in [-0.2, -0.15) is 0 Å². The van der Waals surface area contributed by atoms with Gasteiger partial charge in [0.2, 0.25) is 0 Å². The van der Waals surface area contributed by atoms with Gasteiger partial charge in [0, 0.05) is 10.6 Å². The molecule has 2 aromatic rings. The van der Waals surface area contributed by atoms with E-state index in [2.05, 4.69) is 5.16 Å². The van der Waals surface area contributed by atoms with Crippen LogP contribution in [0.3, 0.4) is 0 Å². The lowest BCUT2D eigenvalue weighted by molar-refractivity contribution is 0.0696. The van der Waals surface area contributed by atoms with Crippen molar-refractivity contribution < 1.29 is 14.4 Å². The third-order valence-electron chi connectivity index (χ3n) is 2.19. The minimum absolute atomic E-state index is 0.0855. The number of benzene rings is 1. The monoisotopic (exact) mass is 237 g/mol. The van der Waals surface area contributed by atoms with E-state index in [1.807, 2.05) is 0 Å². The molecule has 0 amide bonds. The van der Waals surface area contributed by atoms with Crippen LogP contribution in [0, 0.1) is 6.92 Å². The minimum Gasteiger partial charge on any atom is -0.477 e. The second kappa shape index (κ2) is 3.98. The molecule has 16 heavy (non-hydrogen) atoms. The van der Waals surface area contributed by atoms with E-state index in [4.69, 9.17) is 21.2 Å². The average molecular weight is 238 g/mol. The molecule has 5 heteroatoms. The van der Waals surface area contributed by atoms with E-state index < -0.39 is 5.97 Å². The highest BCUT2D eigenvalue weighted by atomic mass is 35.5. The van der Waals surface area contributed by atoms with E-state index in [-0.39, 0.29) is 11.3 Å². The Morgan fingerprint density at radius 3 is 2.56 bits per heavy atom. The highest BCUT2D eigenvalue weighted by Gasteiger charge is 2.20. The Kier molecular flexibility index (Phi) is 2.66. The summed E-state index contributed by atoms with van der Waals surface area (Å²) in [4.78, 5) is 11.0. The first-order chi connectivity index (χ1) is 7.59. The molecule has 0 aliphatic carbocycles. The molecule has 0 bridgehead atoms. The second-order valence-corrected chi connectivity index (χ2v) is 3.71. The molecule has 82 valence electrons. The maximum Gasteiger partial charge on any atom is 0.341 e. The van der Waals surface area contributed by atoms with Crippen molar-refractivity contribution in [2.24, 2.45) is 0 Å². The van der Waals surface area contributed by atoms with Crippen LogP contribution in [-0.2, 0) is 0 Å². The first kappa shape index (κ1) is 10.7. The molecule has 0 spiro atoms. The van der Waals surface area contributed by atoms with Crippen LogP contribution in [0.5, 0.6) is 0 Å². The molecule has 0 unspecified atom stereocenters. The summed E-state index contributed by atoms with van der Waals surface area (Å²) in [5, 5.41) is 13.3. The Morgan fingerprint density at radius 1 is 1.38 bits per heavy atom. The van der Waals surface area contributed by atoms with Crippen LogP contribution < -0.4 is 0 Å². The van der Waals surface area contributed by atoms with Crippen molar-refractivity contribution in [3.63, 3.8) is 0 Å². The van der Waals surface area contributed by atoms with Gasteiger partial charge in [0.15, 0.2) is 0 Å². The molecule has 0 radical (unpaired) electrons. The molecule has 4 nitrogen and oxygen atoms in total. The van der Waals surface area contributed by atoms with Gasteiger partial charge in [0.05, 0.1) is 0 Å². The van der Waals surface area contributed by atoms with Gasteiger partial charge in [0.25, 0.3) is 0 Å². The van der Waals surface area contributed by atoms with Crippen molar-refractivity contribution >= 4 is 17.6 Å². The van der Waals surface area contributed by atoms with Gasteiger partial charge in [-0.05, 0) is 19.1 Å². The summed E-state index contributed by atoms with van der Waals surface area (Å²) < 4.78 is 4.88. The van der Waals surface area contributed by atoms with Crippen molar-refractivity contribution in [3.8, 4) is 11.3 Å². The van der Waals surface area contributed by atoms with Gasteiger partial charge in [0.1, 0.15) is 17.0 Å². The Bertz CT molecular complexity index is 531. The zero-order valence-corrected chi connectivity index (χ0v) is 9.15. The number of nitrogens with zero attached hydrogens (tertiary/aromatic N) is 1.